The van der Waals surface area contributed by atoms with Gasteiger partial charge in [-0.05, 0) is 29.3 Å². The highest BCUT2D eigenvalue weighted by atomic mass is 35.5. The summed E-state index contributed by atoms with van der Waals surface area (Å²) in [6.07, 6.45) is 2.21. The van der Waals surface area contributed by atoms with Crippen LogP contribution in [-0.4, -0.2) is 22.2 Å². The lowest BCUT2D eigenvalue weighted by Gasteiger charge is -2.11. The first-order valence-corrected chi connectivity index (χ1v) is 6.38. The highest BCUT2D eigenvalue weighted by molar-refractivity contribution is 6.28. The van der Waals surface area contributed by atoms with Gasteiger partial charge in [0.05, 0.1) is 7.11 Å². The molecule has 0 aliphatic heterocycles. The molecule has 1 heterocycles. The summed E-state index contributed by atoms with van der Waals surface area (Å²) in [6.45, 7) is 4.00. The second-order valence-electron chi connectivity index (χ2n) is 3.46. The predicted octanol–water partition coefficient (Wildman–Crippen LogP) is 3.25. The Morgan fingerprint density at radius 2 is 1.79 bits per heavy atom. The second-order valence-corrected chi connectivity index (χ2v) is 3.80. The van der Waals surface area contributed by atoms with Gasteiger partial charge in [0, 0.05) is 18.0 Å². The molecule has 0 amide bonds. The normalized spacial score (nSPS) is 11.2. The van der Waals surface area contributed by atoms with Crippen LogP contribution in [0.25, 0.3) is 0 Å². The van der Waals surface area contributed by atoms with Gasteiger partial charge in [0.15, 0.2) is 0 Å². The van der Waals surface area contributed by atoms with Gasteiger partial charge in [-0.2, -0.15) is 0 Å². The number of aliphatic hydroxyl groups excluding tert-OH is 1. The van der Waals surface area contributed by atoms with E-state index in [4.69, 9.17) is 16.3 Å². The van der Waals surface area contributed by atoms with Crippen LogP contribution < -0.4 is 4.74 Å². The summed E-state index contributed by atoms with van der Waals surface area (Å²) < 4.78 is 5.10. The number of hydrogen-bond donors (Lipinski definition) is 1. The first-order chi connectivity index (χ1) is 9.20. The summed E-state index contributed by atoms with van der Waals surface area (Å²) in [6, 6.07) is 7.20. The highest BCUT2D eigenvalue weighted by Gasteiger charge is 2.11. The largest absolute Gasteiger partial charge is 0.497 e. The molecule has 0 aliphatic carbocycles. The van der Waals surface area contributed by atoms with Gasteiger partial charge in [-0.25, -0.2) is 9.97 Å². The molecule has 0 fully saturated rings. The minimum absolute atomic E-state index is 0.159. The number of hydrogen-bond acceptors (Lipinski definition) is 4. The summed E-state index contributed by atoms with van der Waals surface area (Å²) >= 11 is 5.59. The molecule has 0 saturated carbocycles. The van der Waals surface area contributed by atoms with Gasteiger partial charge >= 0.3 is 0 Å². The molecule has 2 aromatic rings. The molecule has 1 N–H and O–H groups in total. The smallest absolute Gasteiger partial charge is 0.222 e. The molecule has 0 radical (unpaired) electrons. The molecule has 0 bridgehead atoms. The van der Waals surface area contributed by atoms with Crippen LogP contribution in [0.2, 0.25) is 5.28 Å². The SMILES string of the molecule is CC.COc1cccc(C(O)c2cnc(Cl)nc2)c1. The molecule has 1 unspecified atom stereocenters. The lowest BCUT2D eigenvalue weighted by molar-refractivity contribution is 0.219. The van der Waals surface area contributed by atoms with Crippen molar-refractivity contribution >= 4 is 11.6 Å². The van der Waals surface area contributed by atoms with Gasteiger partial charge in [-0.1, -0.05) is 26.0 Å². The maximum Gasteiger partial charge on any atom is 0.222 e. The van der Waals surface area contributed by atoms with Crippen LogP contribution >= 0.6 is 11.6 Å². The molecule has 5 heteroatoms. The second kappa shape index (κ2) is 7.71. The predicted molar refractivity (Wildman–Crippen MR) is 75.4 cm³/mol. The Bertz CT molecular complexity index is 503. The number of aromatic nitrogens is 2. The third-order valence-corrected chi connectivity index (χ3v) is 2.56. The van der Waals surface area contributed by atoms with Crippen LogP contribution in [0, 0.1) is 0 Å². The van der Waals surface area contributed by atoms with Crippen LogP contribution in [0.15, 0.2) is 36.7 Å². The average molecular weight is 281 g/mol. The Labute approximate surface area is 118 Å². The van der Waals surface area contributed by atoms with E-state index in [2.05, 4.69) is 9.97 Å². The summed E-state index contributed by atoms with van der Waals surface area (Å²) in [7, 11) is 1.58. The average Bonchev–Trinajstić information content (AvgIpc) is 2.49. The summed E-state index contributed by atoms with van der Waals surface area (Å²) in [5, 5.41) is 10.3. The fraction of sp³-hybridized carbons (Fsp3) is 0.286. The Kier molecular flexibility index (Phi) is 6.25. The molecule has 1 atom stereocenters. The number of benzene rings is 1. The fourth-order valence-electron chi connectivity index (χ4n) is 1.47. The number of nitrogens with zero attached hydrogens (tertiary/aromatic N) is 2. The molecular weight excluding hydrogens is 264 g/mol. The summed E-state index contributed by atoms with van der Waals surface area (Å²) in [4.78, 5) is 7.66. The third kappa shape index (κ3) is 4.19. The van der Waals surface area contributed by atoms with Gasteiger partial charge in [0.2, 0.25) is 5.28 Å². The number of ether oxygens (including phenoxy) is 1. The molecule has 102 valence electrons. The minimum atomic E-state index is -0.789. The van der Waals surface area contributed by atoms with Crippen molar-refractivity contribution in [1.29, 1.82) is 0 Å². The fourth-order valence-corrected chi connectivity index (χ4v) is 1.57. The lowest BCUT2D eigenvalue weighted by Crippen LogP contribution is -2.01. The summed E-state index contributed by atoms with van der Waals surface area (Å²) in [5.41, 5.74) is 1.30. The monoisotopic (exact) mass is 280 g/mol. The van der Waals surface area contributed by atoms with Crippen LogP contribution in [0.3, 0.4) is 0 Å². The van der Waals surface area contributed by atoms with E-state index in [1.165, 1.54) is 12.4 Å². The Morgan fingerprint density at radius 3 is 2.37 bits per heavy atom. The van der Waals surface area contributed by atoms with Gasteiger partial charge < -0.3 is 9.84 Å². The van der Waals surface area contributed by atoms with E-state index in [-0.39, 0.29) is 5.28 Å². The molecule has 0 aliphatic rings. The number of aliphatic hydroxyl groups is 1. The van der Waals surface area contributed by atoms with Crippen LogP contribution in [-0.2, 0) is 0 Å². The van der Waals surface area contributed by atoms with Crippen molar-refractivity contribution in [3.63, 3.8) is 0 Å². The van der Waals surface area contributed by atoms with E-state index in [1.807, 2.05) is 32.0 Å². The van der Waals surface area contributed by atoms with Crippen molar-refractivity contribution in [2.45, 2.75) is 20.0 Å². The van der Waals surface area contributed by atoms with Gasteiger partial charge in [-0.15, -0.1) is 0 Å². The molecule has 1 aromatic heterocycles. The Morgan fingerprint density at radius 1 is 1.16 bits per heavy atom. The number of methoxy groups -OCH3 is 1. The van der Waals surface area contributed by atoms with Gasteiger partial charge in [0.25, 0.3) is 0 Å². The zero-order valence-electron chi connectivity index (χ0n) is 11.2. The van der Waals surface area contributed by atoms with E-state index in [0.29, 0.717) is 11.3 Å². The highest BCUT2D eigenvalue weighted by Crippen LogP contribution is 2.24. The third-order valence-electron chi connectivity index (χ3n) is 2.37. The molecule has 1 aromatic carbocycles. The molecule has 0 saturated heterocycles. The Balaban J connectivity index is 0.000000861. The zero-order chi connectivity index (χ0) is 14.3. The quantitative estimate of drug-likeness (QED) is 0.877. The van der Waals surface area contributed by atoms with E-state index in [1.54, 1.807) is 13.2 Å². The van der Waals surface area contributed by atoms with Crippen LogP contribution in [0.4, 0.5) is 0 Å². The number of rotatable bonds is 3. The standard InChI is InChI=1S/C12H11ClN2O2.C2H6/c1-17-10-4-2-3-8(5-10)11(16)9-6-14-12(13)15-7-9;1-2/h2-7,11,16H,1H3;1-2H3. The first kappa shape index (κ1) is 15.4. The van der Waals surface area contributed by atoms with E-state index in [9.17, 15) is 5.11 Å². The van der Waals surface area contributed by atoms with Gasteiger partial charge in [-0.3, -0.25) is 0 Å². The number of halogens is 1. The van der Waals surface area contributed by atoms with Crippen molar-refractivity contribution in [3.05, 3.63) is 53.1 Å². The van der Waals surface area contributed by atoms with Gasteiger partial charge in [0.1, 0.15) is 11.9 Å². The molecule has 19 heavy (non-hydrogen) atoms. The van der Waals surface area contributed by atoms with Crippen molar-refractivity contribution in [2.75, 3.05) is 7.11 Å². The maximum absolute atomic E-state index is 10.1. The van der Waals surface area contributed by atoms with Crippen LogP contribution in [0.1, 0.15) is 31.1 Å². The minimum Gasteiger partial charge on any atom is -0.497 e. The van der Waals surface area contributed by atoms with Crippen molar-refractivity contribution < 1.29 is 9.84 Å². The van der Waals surface area contributed by atoms with Crippen molar-refractivity contribution in [3.8, 4) is 5.75 Å². The van der Waals surface area contributed by atoms with Crippen molar-refractivity contribution in [2.24, 2.45) is 0 Å². The molecule has 4 nitrogen and oxygen atoms in total. The lowest BCUT2D eigenvalue weighted by atomic mass is 10.0. The molecule has 0 spiro atoms. The topological polar surface area (TPSA) is 55.2 Å². The van der Waals surface area contributed by atoms with E-state index < -0.39 is 6.10 Å². The van der Waals surface area contributed by atoms with Crippen LogP contribution in [0.5, 0.6) is 5.75 Å². The Hall–Kier alpha value is -1.65. The van der Waals surface area contributed by atoms with E-state index >= 15 is 0 Å². The molecular formula is C14H17ClN2O2. The zero-order valence-corrected chi connectivity index (χ0v) is 11.9. The first-order valence-electron chi connectivity index (χ1n) is 6.00. The summed E-state index contributed by atoms with van der Waals surface area (Å²) in [5.74, 6) is 0.691. The molecule has 2 rings (SSSR count). The van der Waals surface area contributed by atoms with E-state index in [0.717, 1.165) is 5.56 Å². The van der Waals surface area contributed by atoms with Crippen molar-refractivity contribution in [1.82, 2.24) is 9.97 Å². The maximum atomic E-state index is 10.1.